The van der Waals surface area contributed by atoms with Crippen LogP contribution in [0.4, 0.5) is 0 Å². The van der Waals surface area contributed by atoms with Crippen LogP contribution in [-0.2, 0) is 0 Å². The summed E-state index contributed by atoms with van der Waals surface area (Å²) in [4.78, 5) is 0. The van der Waals surface area contributed by atoms with Gasteiger partial charge in [0.1, 0.15) is 0 Å². The standard InChI is InChI=1S/C12H18N2/c13-9-11(12-7-4-8-14-12)10-5-2-1-3-6-10/h1-3,5-6,11-12,14H,4,7-9,13H2. The molecule has 1 aromatic rings. The molecule has 1 aliphatic heterocycles. The first-order valence-corrected chi connectivity index (χ1v) is 5.40. The van der Waals surface area contributed by atoms with Crippen molar-refractivity contribution in [3.8, 4) is 0 Å². The summed E-state index contributed by atoms with van der Waals surface area (Å²) in [6, 6.07) is 11.2. The molecule has 76 valence electrons. The second kappa shape index (κ2) is 4.58. The average molecular weight is 190 g/mol. The lowest BCUT2D eigenvalue weighted by molar-refractivity contribution is 0.494. The molecule has 0 spiro atoms. The number of rotatable bonds is 3. The topological polar surface area (TPSA) is 38.0 Å². The van der Waals surface area contributed by atoms with Crippen molar-refractivity contribution < 1.29 is 0 Å². The van der Waals surface area contributed by atoms with Crippen LogP contribution in [-0.4, -0.2) is 19.1 Å². The fourth-order valence-electron chi connectivity index (χ4n) is 2.29. The molecule has 0 amide bonds. The molecule has 0 bridgehead atoms. The largest absolute Gasteiger partial charge is 0.330 e. The summed E-state index contributed by atoms with van der Waals surface area (Å²) in [6.45, 7) is 1.88. The number of hydrogen-bond acceptors (Lipinski definition) is 2. The first-order valence-electron chi connectivity index (χ1n) is 5.40. The van der Waals surface area contributed by atoms with E-state index < -0.39 is 0 Å². The van der Waals surface area contributed by atoms with Gasteiger partial charge in [0.2, 0.25) is 0 Å². The van der Waals surface area contributed by atoms with Gasteiger partial charge in [-0.05, 0) is 24.9 Å². The van der Waals surface area contributed by atoms with E-state index in [0.29, 0.717) is 12.0 Å². The van der Waals surface area contributed by atoms with Crippen LogP contribution in [0.25, 0.3) is 0 Å². The van der Waals surface area contributed by atoms with E-state index >= 15 is 0 Å². The second-order valence-electron chi connectivity index (χ2n) is 3.96. The summed E-state index contributed by atoms with van der Waals surface area (Å²) < 4.78 is 0. The lowest BCUT2D eigenvalue weighted by Crippen LogP contribution is -2.33. The monoisotopic (exact) mass is 190 g/mol. The number of hydrogen-bond donors (Lipinski definition) is 2. The molecule has 0 radical (unpaired) electrons. The number of benzene rings is 1. The minimum Gasteiger partial charge on any atom is -0.330 e. The summed E-state index contributed by atoms with van der Waals surface area (Å²) in [5.74, 6) is 0.485. The first kappa shape index (κ1) is 9.69. The van der Waals surface area contributed by atoms with Crippen LogP contribution in [0.2, 0.25) is 0 Å². The summed E-state index contributed by atoms with van der Waals surface area (Å²) in [5.41, 5.74) is 7.21. The minimum absolute atomic E-state index is 0.485. The smallest absolute Gasteiger partial charge is 0.0148 e. The van der Waals surface area contributed by atoms with E-state index in [1.165, 1.54) is 18.4 Å². The minimum atomic E-state index is 0.485. The van der Waals surface area contributed by atoms with Crippen LogP contribution in [0, 0.1) is 0 Å². The molecule has 2 atom stereocenters. The maximum absolute atomic E-state index is 5.84. The molecule has 14 heavy (non-hydrogen) atoms. The molecule has 1 heterocycles. The third-order valence-corrected chi connectivity index (χ3v) is 3.07. The molecule has 2 rings (SSSR count). The Kier molecular flexibility index (Phi) is 3.17. The molecule has 0 aliphatic carbocycles. The molecule has 0 aromatic heterocycles. The Labute approximate surface area is 85.5 Å². The number of nitrogens with two attached hydrogens (primary N) is 1. The van der Waals surface area contributed by atoms with Crippen LogP contribution in [0.1, 0.15) is 24.3 Å². The Balaban J connectivity index is 2.12. The van der Waals surface area contributed by atoms with E-state index in [2.05, 4.69) is 35.6 Å². The highest BCUT2D eigenvalue weighted by molar-refractivity contribution is 5.22. The van der Waals surface area contributed by atoms with E-state index in [0.717, 1.165) is 13.1 Å². The van der Waals surface area contributed by atoms with E-state index in [9.17, 15) is 0 Å². The summed E-state index contributed by atoms with van der Waals surface area (Å²) >= 11 is 0. The zero-order valence-corrected chi connectivity index (χ0v) is 8.45. The zero-order valence-electron chi connectivity index (χ0n) is 8.45. The molecule has 2 heteroatoms. The van der Waals surface area contributed by atoms with Crippen molar-refractivity contribution >= 4 is 0 Å². The Morgan fingerprint density at radius 3 is 2.71 bits per heavy atom. The highest BCUT2D eigenvalue weighted by Crippen LogP contribution is 2.23. The Morgan fingerprint density at radius 1 is 1.36 bits per heavy atom. The SMILES string of the molecule is NCC(c1ccccc1)C1CCCN1. The maximum Gasteiger partial charge on any atom is 0.0148 e. The van der Waals surface area contributed by atoms with Crippen LogP contribution in [0.3, 0.4) is 0 Å². The van der Waals surface area contributed by atoms with E-state index in [1.54, 1.807) is 0 Å². The number of nitrogens with one attached hydrogen (secondary N) is 1. The van der Waals surface area contributed by atoms with Crippen molar-refractivity contribution in [2.75, 3.05) is 13.1 Å². The first-order chi connectivity index (χ1) is 6.92. The Bertz CT molecular complexity index is 265. The average Bonchev–Trinajstić information content (AvgIpc) is 2.74. The van der Waals surface area contributed by atoms with Gasteiger partial charge < -0.3 is 11.1 Å². The summed E-state index contributed by atoms with van der Waals surface area (Å²) in [5, 5.41) is 3.53. The molecular formula is C12H18N2. The van der Waals surface area contributed by atoms with E-state index in [1.807, 2.05) is 0 Å². The van der Waals surface area contributed by atoms with Crippen molar-refractivity contribution in [1.82, 2.24) is 5.32 Å². The van der Waals surface area contributed by atoms with Gasteiger partial charge in [0, 0.05) is 18.5 Å². The van der Waals surface area contributed by atoms with Gasteiger partial charge in [-0.1, -0.05) is 30.3 Å². The van der Waals surface area contributed by atoms with Gasteiger partial charge in [0.25, 0.3) is 0 Å². The van der Waals surface area contributed by atoms with Crippen LogP contribution < -0.4 is 11.1 Å². The van der Waals surface area contributed by atoms with Gasteiger partial charge in [0.05, 0.1) is 0 Å². The predicted molar refractivity (Wildman–Crippen MR) is 59.3 cm³/mol. The van der Waals surface area contributed by atoms with Crippen LogP contribution in [0.5, 0.6) is 0 Å². The highest BCUT2D eigenvalue weighted by atomic mass is 14.9. The van der Waals surface area contributed by atoms with Crippen LogP contribution >= 0.6 is 0 Å². The Morgan fingerprint density at radius 2 is 2.14 bits per heavy atom. The van der Waals surface area contributed by atoms with E-state index in [-0.39, 0.29) is 0 Å². The fourth-order valence-corrected chi connectivity index (χ4v) is 2.29. The summed E-state index contributed by atoms with van der Waals surface area (Å²) in [7, 11) is 0. The van der Waals surface area contributed by atoms with Gasteiger partial charge in [-0.2, -0.15) is 0 Å². The van der Waals surface area contributed by atoms with Crippen molar-refractivity contribution in [3.05, 3.63) is 35.9 Å². The van der Waals surface area contributed by atoms with Gasteiger partial charge in [-0.3, -0.25) is 0 Å². The highest BCUT2D eigenvalue weighted by Gasteiger charge is 2.24. The molecule has 1 fully saturated rings. The Hall–Kier alpha value is -0.860. The van der Waals surface area contributed by atoms with Crippen LogP contribution in [0.15, 0.2) is 30.3 Å². The lowest BCUT2D eigenvalue weighted by atomic mass is 9.91. The fraction of sp³-hybridized carbons (Fsp3) is 0.500. The second-order valence-corrected chi connectivity index (χ2v) is 3.96. The third kappa shape index (κ3) is 1.97. The van der Waals surface area contributed by atoms with Crippen molar-refractivity contribution in [2.24, 2.45) is 5.73 Å². The van der Waals surface area contributed by atoms with Gasteiger partial charge >= 0.3 is 0 Å². The van der Waals surface area contributed by atoms with Crippen molar-refractivity contribution in [3.63, 3.8) is 0 Å². The molecular weight excluding hydrogens is 172 g/mol. The molecule has 3 N–H and O–H groups in total. The summed E-state index contributed by atoms with van der Waals surface area (Å²) in [6.07, 6.45) is 2.55. The molecule has 1 aliphatic rings. The van der Waals surface area contributed by atoms with Gasteiger partial charge in [-0.25, -0.2) is 0 Å². The normalized spacial score (nSPS) is 23.6. The third-order valence-electron chi connectivity index (χ3n) is 3.07. The van der Waals surface area contributed by atoms with Crippen molar-refractivity contribution in [2.45, 2.75) is 24.8 Å². The lowest BCUT2D eigenvalue weighted by Gasteiger charge is -2.22. The molecule has 1 saturated heterocycles. The van der Waals surface area contributed by atoms with Crippen molar-refractivity contribution in [1.29, 1.82) is 0 Å². The van der Waals surface area contributed by atoms with Gasteiger partial charge in [-0.15, -0.1) is 0 Å². The van der Waals surface area contributed by atoms with E-state index in [4.69, 9.17) is 5.73 Å². The molecule has 0 saturated carbocycles. The quantitative estimate of drug-likeness (QED) is 0.757. The molecule has 1 aromatic carbocycles. The molecule has 2 nitrogen and oxygen atoms in total. The molecule has 2 unspecified atom stereocenters. The van der Waals surface area contributed by atoms with Gasteiger partial charge in [0.15, 0.2) is 0 Å². The zero-order chi connectivity index (χ0) is 9.80. The maximum atomic E-state index is 5.84. The predicted octanol–water partition coefficient (Wildman–Crippen LogP) is 1.48.